The van der Waals surface area contributed by atoms with Gasteiger partial charge >= 0.3 is 6.03 Å². The average Bonchev–Trinajstić information content (AvgIpc) is 3.13. The highest BCUT2D eigenvalue weighted by Gasteiger charge is 2.26. The normalized spacial score (nSPS) is 15.4. The Balaban J connectivity index is 1.41. The van der Waals surface area contributed by atoms with E-state index in [1.807, 2.05) is 26.0 Å². The molecule has 7 heteroatoms. The molecule has 150 valence electrons. The number of carbonyl (C=O) groups is 2. The summed E-state index contributed by atoms with van der Waals surface area (Å²) in [6, 6.07) is 11.7. The van der Waals surface area contributed by atoms with Crippen molar-refractivity contribution in [2.75, 3.05) is 26.2 Å². The molecule has 1 fully saturated rings. The van der Waals surface area contributed by atoms with Crippen molar-refractivity contribution in [1.82, 2.24) is 15.1 Å². The lowest BCUT2D eigenvalue weighted by atomic mass is 10.1. The number of amides is 3. The van der Waals surface area contributed by atoms with Crippen LogP contribution in [0.3, 0.4) is 0 Å². The van der Waals surface area contributed by atoms with Gasteiger partial charge in [-0.1, -0.05) is 28.1 Å². The summed E-state index contributed by atoms with van der Waals surface area (Å²) in [5.41, 5.74) is 1.25. The SMILES string of the molecule is Cc1ccc(C(=O)N2CCN(C(=O)NC(C)CCc3ccc(Br)cc3)CC2)o1. The first kappa shape index (κ1) is 20.5. The highest BCUT2D eigenvalue weighted by Crippen LogP contribution is 2.14. The lowest BCUT2D eigenvalue weighted by Gasteiger charge is -2.35. The van der Waals surface area contributed by atoms with Gasteiger partial charge in [-0.15, -0.1) is 0 Å². The maximum Gasteiger partial charge on any atom is 0.317 e. The standard InChI is InChI=1S/C21H26BrN3O3/c1-15(3-5-17-6-8-18(22)9-7-17)23-21(27)25-13-11-24(12-14-25)20(26)19-10-4-16(2)28-19/h4,6-10,15H,3,5,11-14H2,1-2H3,(H,23,27). The van der Waals surface area contributed by atoms with Crippen LogP contribution in [-0.2, 0) is 6.42 Å². The number of nitrogens with zero attached hydrogens (tertiary/aromatic N) is 2. The van der Waals surface area contributed by atoms with Gasteiger partial charge in [0.2, 0.25) is 0 Å². The lowest BCUT2D eigenvalue weighted by molar-refractivity contribution is 0.0631. The Morgan fingerprint density at radius 2 is 1.71 bits per heavy atom. The summed E-state index contributed by atoms with van der Waals surface area (Å²) in [6.07, 6.45) is 1.79. The van der Waals surface area contributed by atoms with Crippen molar-refractivity contribution in [2.45, 2.75) is 32.7 Å². The molecule has 1 unspecified atom stereocenters. The molecule has 0 spiro atoms. The Bertz CT molecular complexity index is 811. The second kappa shape index (κ2) is 9.28. The van der Waals surface area contributed by atoms with E-state index in [4.69, 9.17) is 4.42 Å². The number of carbonyl (C=O) groups excluding carboxylic acids is 2. The molecule has 28 heavy (non-hydrogen) atoms. The van der Waals surface area contributed by atoms with Crippen LogP contribution in [0.2, 0.25) is 0 Å². The molecule has 6 nitrogen and oxygen atoms in total. The first-order valence-corrected chi connectivity index (χ1v) is 10.4. The molecule has 0 saturated carbocycles. The Kier molecular flexibility index (Phi) is 6.78. The van der Waals surface area contributed by atoms with Crippen molar-refractivity contribution in [3.63, 3.8) is 0 Å². The first-order chi connectivity index (χ1) is 13.4. The van der Waals surface area contributed by atoms with E-state index in [0.717, 1.165) is 23.1 Å². The van der Waals surface area contributed by atoms with Crippen molar-refractivity contribution in [3.05, 3.63) is 58.0 Å². The molecular weight excluding hydrogens is 422 g/mol. The van der Waals surface area contributed by atoms with Crippen LogP contribution in [0.4, 0.5) is 4.79 Å². The summed E-state index contributed by atoms with van der Waals surface area (Å²) in [5.74, 6) is 0.964. The van der Waals surface area contributed by atoms with E-state index in [2.05, 4.69) is 33.4 Å². The van der Waals surface area contributed by atoms with E-state index in [1.54, 1.807) is 21.9 Å². The average molecular weight is 448 g/mol. The summed E-state index contributed by atoms with van der Waals surface area (Å²) >= 11 is 3.44. The van der Waals surface area contributed by atoms with Gasteiger partial charge in [-0.25, -0.2) is 4.79 Å². The molecule has 0 bridgehead atoms. The second-order valence-electron chi connectivity index (χ2n) is 7.21. The summed E-state index contributed by atoms with van der Waals surface area (Å²) in [7, 11) is 0. The van der Waals surface area contributed by atoms with Crippen LogP contribution in [0.15, 0.2) is 45.3 Å². The number of hydrogen-bond acceptors (Lipinski definition) is 3. The second-order valence-corrected chi connectivity index (χ2v) is 8.12. The van der Waals surface area contributed by atoms with Gasteiger partial charge in [0.15, 0.2) is 5.76 Å². The lowest BCUT2D eigenvalue weighted by Crippen LogP contribution is -2.54. The van der Waals surface area contributed by atoms with E-state index in [9.17, 15) is 9.59 Å². The number of urea groups is 1. The molecule has 1 atom stereocenters. The number of rotatable bonds is 5. The molecular formula is C21H26BrN3O3. The molecule has 1 aliphatic rings. The number of aryl methyl sites for hydroxylation is 2. The van der Waals surface area contributed by atoms with Crippen molar-refractivity contribution in [3.8, 4) is 0 Å². The fraction of sp³-hybridized carbons (Fsp3) is 0.429. The fourth-order valence-corrected chi connectivity index (χ4v) is 3.49. The molecule has 1 N–H and O–H groups in total. The minimum atomic E-state index is -0.115. The minimum absolute atomic E-state index is 0.0655. The zero-order valence-corrected chi connectivity index (χ0v) is 17.9. The van der Waals surface area contributed by atoms with Crippen LogP contribution < -0.4 is 5.32 Å². The Morgan fingerprint density at radius 1 is 1.07 bits per heavy atom. The number of benzene rings is 1. The van der Waals surface area contributed by atoms with Crippen LogP contribution in [0.25, 0.3) is 0 Å². The van der Waals surface area contributed by atoms with Crippen LogP contribution in [-0.4, -0.2) is 54.0 Å². The van der Waals surface area contributed by atoms with Crippen LogP contribution in [0, 0.1) is 6.92 Å². The molecule has 2 heterocycles. The largest absolute Gasteiger partial charge is 0.456 e. The van der Waals surface area contributed by atoms with Gasteiger partial charge in [0.25, 0.3) is 5.91 Å². The van der Waals surface area contributed by atoms with Gasteiger partial charge < -0.3 is 19.5 Å². The van der Waals surface area contributed by atoms with Gasteiger partial charge in [-0.2, -0.15) is 0 Å². The zero-order chi connectivity index (χ0) is 20.1. The molecule has 2 aromatic rings. The Hall–Kier alpha value is -2.28. The molecule has 0 aliphatic carbocycles. The molecule has 0 radical (unpaired) electrons. The summed E-state index contributed by atoms with van der Waals surface area (Å²) in [6.45, 7) is 5.92. The number of halogens is 1. The van der Waals surface area contributed by atoms with Gasteiger partial charge in [0.05, 0.1) is 0 Å². The Labute approximate surface area is 174 Å². The summed E-state index contributed by atoms with van der Waals surface area (Å²) in [4.78, 5) is 28.4. The van der Waals surface area contributed by atoms with Gasteiger partial charge in [0.1, 0.15) is 5.76 Å². The van der Waals surface area contributed by atoms with Crippen LogP contribution in [0.1, 0.15) is 35.2 Å². The molecule has 1 aromatic carbocycles. The predicted molar refractivity (Wildman–Crippen MR) is 111 cm³/mol. The number of nitrogens with one attached hydrogen (secondary N) is 1. The van der Waals surface area contributed by atoms with E-state index in [1.165, 1.54) is 5.56 Å². The van der Waals surface area contributed by atoms with Gasteiger partial charge in [0, 0.05) is 36.7 Å². The van der Waals surface area contributed by atoms with Crippen molar-refractivity contribution < 1.29 is 14.0 Å². The van der Waals surface area contributed by atoms with Gasteiger partial charge in [-0.3, -0.25) is 4.79 Å². The monoisotopic (exact) mass is 447 g/mol. The van der Waals surface area contributed by atoms with Crippen molar-refractivity contribution in [2.24, 2.45) is 0 Å². The minimum Gasteiger partial charge on any atom is -0.456 e. The maximum atomic E-state index is 12.5. The number of hydrogen-bond donors (Lipinski definition) is 1. The van der Waals surface area contributed by atoms with E-state index in [0.29, 0.717) is 31.9 Å². The van der Waals surface area contributed by atoms with Crippen LogP contribution >= 0.6 is 15.9 Å². The van der Waals surface area contributed by atoms with Crippen LogP contribution in [0.5, 0.6) is 0 Å². The number of furan rings is 1. The van der Waals surface area contributed by atoms with Gasteiger partial charge in [-0.05, 0) is 56.5 Å². The highest BCUT2D eigenvalue weighted by atomic mass is 79.9. The van der Waals surface area contributed by atoms with E-state index < -0.39 is 0 Å². The van der Waals surface area contributed by atoms with E-state index in [-0.39, 0.29) is 18.0 Å². The molecule has 3 rings (SSSR count). The van der Waals surface area contributed by atoms with E-state index >= 15 is 0 Å². The highest BCUT2D eigenvalue weighted by molar-refractivity contribution is 9.10. The van der Waals surface area contributed by atoms with Crippen molar-refractivity contribution in [1.29, 1.82) is 0 Å². The maximum absolute atomic E-state index is 12.5. The fourth-order valence-electron chi connectivity index (χ4n) is 3.23. The molecule has 1 aliphatic heterocycles. The zero-order valence-electron chi connectivity index (χ0n) is 16.3. The number of piperazine rings is 1. The summed E-state index contributed by atoms with van der Waals surface area (Å²) < 4.78 is 6.48. The summed E-state index contributed by atoms with van der Waals surface area (Å²) in [5, 5.41) is 3.07. The third-order valence-corrected chi connectivity index (χ3v) is 5.48. The quantitative estimate of drug-likeness (QED) is 0.756. The first-order valence-electron chi connectivity index (χ1n) is 9.58. The molecule has 1 saturated heterocycles. The third-order valence-electron chi connectivity index (χ3n) is 4.95. The predicted octanol–water partition coefficient (Wildman–Crippen LogP) is 3.84. The smallest absolute Gasteiger partial charge is 0.317 e. The topological polar surface area (TPSA) is 65.8 Å². The molecule has 3 amide bonds. The molecule has 1 aromatic heterocycles. The Morgan fingerprint density at radius 3 is 2.32 bits per heavy atom. The van der Waals surface area contributed by atoms with Crippen molar-refractivity contribution >= 4 is 27.9 Å². The third kappa shape index (κ3) is 5.38.